The van der Waals surface area contributed by atoms with Crippen LogP contribution in [-0.2, 0) is 9.53 Å². The summed E-state index contributed by atoms with van der Waals surface area (Å²) in [5.74, 6) is -0.614. The molecular formula is C18H18N2O3. The second-order valence-electron chi connectivity index (χ2n) is 4.82. The number of nitrogens with zero attached hydrogens (tertiary/aromatic N) is 1. The Morgan fingerprint density at radius 3 is 2.65 bits per heavy atom. The van der Waals surface area contributed by atoms with E-state index in [0.717, 1.165) is 12.0 Å². The van der Waals surface area contributed by atoms with Crippen LogP contribution in [0.5, 0.6) is 0 Å². The topological polar surface area (TPSA) is 68.3 Å². The fourth-order valence-corrected chi connectivity index (χ4v) is 1.80. The maximum atomic E-state index is 11.8. The lowest BCUT2D eigenvalue weighted by Gasteiger charge is -2.05. The number of hydrogen-bond acceptors (Lipinski definition) is 4. The third kappa shape index (κ3) is 5.39. The van der Waals surface area contributed by atoms with Crippen LogP contribution in [0.25, 0.3) is 6.08 Å². The number of carbonyl (C=O) groups is 2. The largest absolute Gasteiger partial charge is 0.462 e. The van der Waals surface area contributed by atoms with Crippen molar-refractivity contribution in [3.05, 3.63) is 66.0 Å². The Labute approximate surface area is 135 Å². The molecular weight excluding hydrogens is 292 g/mol. The number of amides is 1. The third-order valence-corrected chi connectivity index (χ3v) is 2.94. The molecule has 23 heavy (non-hydrogen) atoms. The van der Waals surface area contributed by atoms with Crippen molar-refractivity contribution in [2.24, 2.45) is 0 Å². The van der Waals surface area contributed by atoms with Gasteiger partial charge in [0.25, 0.3) is 0 Å². The van der Waals surface area contributed by atoms with Crippen LogP contribution in [0.2, 0.25) is 0 Å². The van der Waals surface area contributed by atoms with Gasteiger partial charge in [0, 0.05) is 24.2 Å². The summed E-state index contributed by atoms with van der Waals surface area (Å²) in [6, 6.07) is 10.2. The average molecular weight is 310 g/mol. The van der Waals surface area contributed by atoms with Crippen molar-refractivity contribution >= 4 is 23.6 Å². The zero-order valence-electron chi connectivity index (χ0n) is 12.9. The van der Waals surface area contributed by atoms with Crippen molar-refractivity contribution in [1.29, 1.82) is 0 Å². The lowest BCUT2D eigenvalue weighted by atomic mass is 10.2. The maximum absolute atomic E-state index is 11.8. The molecule has 1 amide bonds. The van der Waals surface area contributed by atoms with Crippen molar-refractivity contribution < 1.29 is 14.3 Å². The Morgan fingerprint density at radius 2 is 2.00 bits per heavy atom. The summed E-state index contributed by atoms with van der Waals surface area (Å²) in [7, 11) is 0. The summed E-state index contributed by atoms with van der Waals surface area (Å²) >= 11 is 0. The molecule has 1 aromatic carbocycles. The van der Waals surface area contributed by atoms with Gasteiger partial charge in [0.15, 0.2) is 0 Å². The van der Waals surface area contributed by atoms with E-state index in [4.69, 9.17) is 4.74 Å². The minimum absolute atomic E-state index is 0.254. The number of carbonyl (C=O) groups excluding carboxylic acids is 2. The van der Waals surface area contributed by atoms with Crippen molar-refractivity contribution in [2.45, 2.75) is 13.3 Å². The fraction of sp³-hybridized carbons (Fsp3) is 0.167. The molecule has 2 aromatic rings. The van der Waals surface area contributed by atoms with Gasteiger partial charge in [-0.15, -0.1) is 0 Å². The summed E-state index contributed by atoms with van der Waals surface area (Å²) in [6.45, 7) is 2.33. The number of anilines is 1. The van der Waals surface area contributed by atoms with Crippen LogP contribution < -0.4 is 5.32 Å². The van der Waals surface area contributed by atoms with Crippen molar-refractivity contribution in [3.8, 4) is 0 Å². The molecule has 118 valence electrons. The van der Waals surface area contributed by atoms with Gasteiger partial charge in [-0.1, -0.05) is 13.0 Å². The van der Waals surface area contributed by atoms with Gasteiger partial charge < -0.3 is 10.1 Å². The molecule has 0 unspecified atom stereocenters. The monoisotopic (exact) mass is 310 g/mol. The molecule has 5 heteroatoms. The van der Waals surface area contributed by atoms with Gasteiger partial charge in [0.1, 0.15) is 0 Å². The molecule has 1 aromatic heterocycles. The molecule has 5 nitrogen and oxygen atoms in total. The predicted molar refractivity (Wildman–Crippen MR) is 88.9 cm³/mol. The standard InChI is InChI=1S/C18H18N2O3/c1-2-12-23-18(22)15-6-8-16(9-7-15)20-17(21)10-5-14-4-3-11-19-13-14/h3-11,13H,2,12H2,1H3,(H,20,21)/b10-5+. The molecule has 2 rings (SSSR count). The Morgan fingerprint density at radius 1 is 1.22 bits per heavy atom. The van der Waals surface area contributed by atoms with Gasteiger partial charge in [-0.25, -0.2) is 4.79 Å². The molecule has 0 atom stereocenters. The summed E-state index contributed by atoms with van der Waals surface area (Å²) in [4.78, 5) is 27.5. The van der Waals surface area contributed by atoms with E-state index in [1.807, 2.05) is 13.0 Å². The third-order valence-electron chi connectivity index (χ3n) is 2.94. The molecule has 0 aliphatic carbocycles. The van der Waals surface area contributed by atoms with Crippen molar-refractivity contribution in [3.63, 3.8) is 0 Å². The van der Waals surface area contributed by atoms with Gasteiger partial charge in [-0.3, -0.25) is 9.78 Å². The summed E-state index contributed by atoms with van der Waals surface area (Å²) in [5.41, 5.74) is 1.91. The molecule has 0 aliphatic rings. The normalized spacial score (nSPS) is 10.5. The van der Waals surface area contributed by atoms with E-state index in [2.05, 4.69) is 10.3 Å². The summed E-state index contributed by atoms with van der Waals surface area (Å²) in [5, 5.41) is 2.72. The van der Waals surface area contributed by atoms with E-state index in [1.54, 1.807) is 48.8 Å². The molecule has 0 saturated carbocycles. The van der Waals surface area contributed by atoms with Crippen LogP contribution in [0.3, 0.4) is 0 Å². The van der Waals surface area contributed by atoms with Gasteiger partial charge in [-0.05, 0) is 48.4 Å². The van der Waals surface area contributed by atoms with Crippen LogP contribution in [0, 0.1) is 0 Å². The van der Waals surface area contributed by atoms with E-state index < -0.39 is 0 Å². The minimum Gasteiger partial charge on any atom is -0.462 e. The number of rotatable bonds is 6. The Kier molecular flexibility index (Phi) is 6.06. The molecule has 0 aliphatic heterocycles. The highest BCUT2D eigenvalue weighted by atomic mass is 16.5. The minimum atomic E-state index is -0.360. The Bertz CT molecular complexity index is 679. The van der Waals surface area contributed by atoms with E-state index in [-0.39, 0.29) is 11.9 Å². The molecule has 1 N–H and O–H groups in total. The first-order valence-electron chi connectivity index (χ1n) is 7.35. The lowest BCUT2D eigenvalue weighted by Crippen LogP contribution is -2.09. The number of nitrogens with one attached hydrogen (secondary N) is 1. The number of hydrogen-bond donors (Lipinski definition) is 1. The first-order valence-corrected chi connectivity index (χ1v) is 7.35. The summed E-state index contributed by atoms with van der Waals surface area (Å²) in [6.07, 6.45) is 7.23. The zero-order chi connectivity index (χ0) is 16.5. The van der Waals surface area contributed by atoms with Crippen LogP contribution >= 0.6 is 0 Å². The van der Waals surface area contributed by atoms with E-state index >= 15 is 0 Å². The van der Waals surface area contributed by atoms with E-state index in [0.29, 0.717) is 17.9 Å². The number of pyridine rings is 1. The highest BCUT2D eigenvalue weighted by molar-refractivity contribution is 6.02. The highest BCUT2D eigenvalue weighted by Gasteiger charge is 2.06. The van der Waals surface area contributed by atoms with Gasteiger partial charge in [-0.2, -0.15) is 0 Å². The van der Waals surface area contributed by atoms with E-state index in [1.165, 1.54) is 6.08 Å². The van der Waals surface area contributed by atoms with E-state index in [9.17, 15) is 9.59 Å². The molecule has 0 radical (unpaired) electrons. The van der Waals surface area contributed by atoms with Crippen LogP contribution in [0.15, 0.2) is 54.9 Å². The quantitative estimate of drug-likeness (QED) is 0.656. The van der Waals surface area contributed by atoms with Crippen LogP contribution in [0.1, 0.15) is 29.3 Å². The number of ether oxygens (including phenoxy) is 1. The number of aromatic nitrogens is 1. The number of esters is 1. The Hall–Kier alpha value is -2.95. The molecule has 1 heterocycles. The zero-order valence-corrected chi connectivity index (χ0v) is 12.9. The molecule has 0 spiro atoms. The predicted octanol–water partition coefficient (Wildman–Crippen LogP) is 3.30. The smallest absolute Gasteiger partial charge is 0.338 e. The van der Waals surface area contributed by atoms with Gasteiger partial charge in [0.05, 0.1) is 12.2 Å². The number of benzene rings is 1. The molecule has 0 saturated heterocycles. The first-order chi connectivity index (χ1) is 11.2. The Balaban J connectivity index is 1.91. The molecule has 0 bridgehead atoms. The van der Waals surface area contributed by atoms with Crippen LogP contribution in [0.4, 0.5) is 5.69 Å². The maximum Gasteiger partial charge on any atom is 0.338 e. The molecule has 0 fully saturated rings. The van der Waals surface area contributed by atoms with Gasteiger partial charge >= 0.3 is 5.97 Å². The fourth-order valence-electron chi connectivity index (χ4n) is 1.80. The second-order valence-corrected chi connectivity index (χ2v) is 4.82. The SMILES string of the molecule is CCCOC(=O)c1ccc(NC(=O)/C=C/c2cccnc2)cc1. The van der Waals surface area contributed by atoms with Crippen LogP contribution in [-0.4, -0.2) is 23.5 Å². The second kappa shape index (κ2) is 8.48. The first kappa shape index (κ1) is 16.4. The summed E-state index contributed by atoms with van der Waals surface area (Å²) < 4.78 is 5.04. The lowest BCUT2D eigenvalue weighted by molar-refractivity contribution is -0.111. The van der Waals surface area contributed by atoms with Crippen molar-refractivity contribution in [1.82, 2.24) is 4.98 Å². The highest BCUT2D eigenvalue weighted by Crippen LogP contribution is 2.11. The van der Waals surface area contributed by atoms with Crippen molar-refractivity contribution in [2.75, 3.05) is 11.9 Å². The average Bonchev–Trinajstić information content (AvgIpc) is 2.59. The van der Waals surface area contributed by atoms with Gasteiger partial charge in [0.2, 0.25) is 5.91 Å².